The largest absolute Gasteiger partial charge is 0.469 e. The molecule has 0 amide bonds. The van der Waals surface area contributed by atoms with Gasteiger partial charge in [0.05, 0.1) is 24.1 Å². The number of nitrogens with one attached hydrogen (secondary N) is 1. The summed E-state index contributed by atoms with van der Waals surface area (Å²) in [5, 5.41) is 7.46. The second kappa shape index (κ2) is 4.27. The summed E-state index contributed by atoms with van der Waals surface area (Å²) < 4.78 is 11.1. The van der Waals surface area contributed by atoms with Crippen LogP contribution < -0.4 is 0 Å². The molecule has 0 fully saturated rings. The van der Waals surface area contributed by atoms with E-state index in [-0.39, 0.29) is 5.92 Å². The summed E-state index contributed by atoms with van der Waals surface area (Å²) >= 11 is 0. The lowest BCUT2D eigenvalue weighted by Crippen LogP contribution is -2.08. The van der Waals surface area contributed by atoms with Crippen LogP contribution in [-0.4, -0.2) is 10.2 Å². The van der Waals surface area contributed by atoms with Crippen LogP contribution in [0.4, 0.5) is 0 Å². The minimum atomic E-state index is 0.184. The van der Waals surface area contributed by atoms with Crippen molar-refractivity contribution in [1.82, 2.24) is 10.2 Å². The van der Waals surface area contributed by atoms with Gasteiger partial charge in [0.15, 0.2) is 0 Å². The van der Waals surface area contributed by atoms with Gasteiger partial charge in [-0.05, 0) is 49.3 Å². The van der Waals surface area contributed by atoms with Crippen molar-refractivity contribution in [3.63, 3.8) is 0 Å². The first kappa shape index (κ1) is 11.3. The van der Waals surface area contributed by atoms with E-state index in [9.17, 15) is 0 Å². The Labute approximate surface area is 116 Å². The summed E-state index contributed by atoms with van der Waals surface area (Å²) in [5.41, 5.74) is 4.43. The lowest BCUT2D eigenvalue weighted by molar-refractivity contribution is 0.483. The van der Waals surface area contributed by atoms with Gasteiger partial charge in [0.25, 0.3) is 0 Å². The Morgan fingerprint density at radius 3 is 2.80 bits per heavy atom. The average molecular weight is 266 g/mol. The zero-order valence-electron chi connectivity index (χ0n) is 11.1. The van der Waals surface area contributed by atoms with Crippen molar-refractivity contribution in [2.24, 2.45) is 0 Å². The monoisotopic (exact) mass is 266 g/mol. The van der Waals surface area contributed by atoms with Gasteiger partial charge < -0.3 is 8.83 Å². The molecule has 4 nitrogen and oxygen atoms in total. The van der Waals surface area contributed by atoms with E-state index < -0.39 is 0 Å². The third-order valence-corrected chi connectivity index (χ3v) is 3.83. The first-order valence-electron chi connectivity index (χ1n) is 6.65. The Balaban J connectivity index is 1.86. The van der Waals surface area contributed by atoms with Gasteiger partial charge in [-0.3, -0.25) is 5.10 Å². The first-order valence-corrected chi connectivity index (χ1v) is 6.65. The van der Waals surface area contributed by atoms with Gasteiger partial charge in [-0.2, -0.15) is 5.10 Å². The number of aromatic nitrogens is 2. The standard InChI is InChI=1S/C16H14N2O2/c1-10-16-12(15-5-3-7-20-15)8-11(9-13(16)18-17-10)14-4-2-6-19-14/h2-7,9,12H,8H2,1H3,(H,17,18)/t12-/m1/s1. The van der Waals surface area contributed by atoms with Crippen LogP contribution in [0.2, 0.25) is 0 Å². The van der Waals surface area contributed by atoms with Crippen LogP contribution in [0.15, 0.2) is 45.6 Å². The number of rotatable bonds is 2. The first-order chi connectivity index (χ1) is 9.83. The maximum Gasteiger partial charge on any atom is 0.129 e. The van der Waals surface area contributed by atoms with Crippen molar-refractivity contribution in [1.29, 1.82) is 0 Å². The van der Waals surface area contributed by atoms with E-state index >= 15 is 0 Å². The smallest absolute Gasteiger partial charge is 0.129 e. The van der Waals surface area contributed by atoms with Gasteiger partial charge in [-0.1, -0.05) is 0 Å². The summed E-state index contributed by atoms with van der Waals surface area (Å²) in [7, 11) is 0. The van der Waals surface area contributed by atoms with E-state index in [0.717, 1.165) is 34.9 Å². The molecule has 0 aromatic carbocycles. The highest BCUT2D eigenvalue weighted by Gasteiger charge is 2.29. The molecule has 0 bridgehead atoms. The number of nitrogens with zero attached hydrogens (tertiary/aromatic N) is 1. The van der Waals surface area contributed by atoms with Gasteiger partial charge in [0.1, 0.15) is 11.5 Å². The van der Waals surface area contributed by atoms with Crippen LogP contribution in [0.25, 0.3) is 11.6 Å². The number of hydrogen-bond acceptors (Lipinski definition) is 3. The molecule has 0 saturated carbocycles. The Morgan fingerprint density at radius 1 is 1.20 bits per heavy atom. The molecule has 1 atom stereocenters. The predicted molar refractivity (Wildman–Crippen MR) is 75.1 cm³/mol. The quantitative estimate of drug-likeness (QED) is 0.763. The molecule has 3 heterocycles. The van der Waals surface area contributed by atoms with Crippen molar-refractivity contribution in [2.45, 2.75) is 19.3 Å². The number of aromatic amines is 1. The summed E-state index contributed by atoms with van der Waals surface area (Å²) in [4.78, 5) is 0. The Bertz CT molecular complexity index is 749. The molecule has 100 valence electrons. The molecule has 3 aromatic heterocycles. The number of H-pyrrole nitrogens is 1. The number of allylic oxidation sites excluding steroid dienone is 1. The molecule has 0 radical (unpaired) electrons. The van der Waals surface area contributed by atoms with Crippen molar-refractivity contribution in [3.8, 4) is 0 Å². The Kier molecular flexibility index (Phi) is 2.42. The molecular formula is C16H14N2O2. The molecule has 0 spiro atoms. The lowest BCUT2D eigenvalue weighted by atomic mass is 9.83. The molecule has 0 aliphatic heterocycles. The van der Waals surface area contributed by atoms with Crippen molar-refractivity contribution >= 4 is 11.6 Å². The van der Waals surface area contributed by atoms with Crippen LogP contribution in [0, 0.1) is 6.92 Å². The van der Waals surface area contributed by atoms with Gasteiger partial charge in [-0.15, -0.1) is 0 Å². The van der Waals surface area contributed by atoms with Crippen LogP contribution >= 0.6 is 0 Å². The third kappa shape index (κ3) is 1.65. The molecule has 4 rings (SSSR count). The average Bonchev–Trinajstić information content (AvgIpc) is 3.20. The number of fused-ring (bicyclic) bond motifs is 1. The van der Waals surface area contributed by atoms with Crippen LogP contribution in [0.5, 0.6) is 0 Å². The normalized spacial score (nSPS) is 17.9. The van der Waals surface area contributed by atoms with Gasteiger partial charge >= 0.3 is 0 Å². The summed E-state index contributed by atoms with van der Waals surface area (Å²) in [5.74, 6) is 2.05. The molecule has 1 aliphatic rings. The number of aryl methyl sites for hydroxylation is 1. The molecular weight excluding hydrogens is 252 g/mol. The maximum absolute atomic E-state index is 5.62. The second-order valence-corrected chi connectivity index (χ2v) is 5.07. The minimum Gasteiger partial charge on any atom is -0.469 e. The lowest BCUT2D eigenvalue weighted by Gasteiger charge is -2.20. The zero-order chi connectivity index (χ0) is 13.5. The summed E-state index contributed by atoms with van der Waals surface area (Å²) in [6, 6.07) is 7.83. The second-order valence-electron chi connectivity index (χ2n) is 5.07. The maximum atomic E-state index is 5.62. The molecule has 0 saturated heterocycles. The number of furan rings is 2. The molecule has 0 unspecified atom stereocenters. The van der Waals surface area contributed by atoms with Gasteiger partial charge in [0.2, 0.25) is 0 Å². The molecule has 20 heavy (non-hydrogen) atoms. The Hall–Kier alpha value is -2.49. The van der Waals surface area contributed by atoms with E-state index in [2.05, 4.69) is 16.3 Å². The van der Waals surface area contributed by atoms with Crippen LogP contribution in [0.1, 0.15) is 40.8 Å². The van der Waals surface area contributed by atoms with E-state index in [1.165, 1.54) is 5.56 Å². The van der Waals surface area contributed by atoms with Crippen LogP contribution in [0.3, 0.4) is 0 Å². The van der Waals surface area contributed by atoms with Crippen LogP contribution in [-0.2, 0) is 0 Å². The van der Waals surface area contributed by atoms with Crippen molar-refractivity contribution < 1.29 is 8.83 Å². The van der Waals surface area contributed by atoms with E-state index in [0.29, 0.717) is 0 Å². The summed E-state index contributed by atoms with van der Waals surface area (Å²) in [6.07, 6.45) is 6.37. The Morgan fingerprint density at radius 2 is 2.05 bits per heavy atom. The third-order valence-electron chi connectivity index (χ3n) is 3.83. The predicted octanol–water partition coefficient (Wildman–Crippen LogP) is 3.98. The highest BCUT2D eigenvalue weighted by molar-refractivity contribution is 5.83. The van der Waals surface area contributed by atoms with Crippen molar-refractivity contribution in [2.75, 3.05) is 0 Å². The fourth-order valence-electron chi connectivity index (χ4n) is 2.92. The topological polar surface area (TPSA) is 55.0 Å². The molecule has 4 heteroatoms. The van der Waals surface area contributed by atoms with E-state index in [1.807, 2.05) is 31.2 Å². The van der Waals surface area contributed by atoms with E-state index in [1.54, 1.807) is 12.5 Å². The molecule has 1 N–H and O–H groups in total. The van der Waals surface area contributed by atoms with Crippen molar-refractivity contribution in [3.05, 3.63) is 65.3 Å². The zero-order valence-corrected chi connectivity index (χ0v) is 11.1. The summed E-state index contributed by atoms with van der Waals surface area (Å²) in [6.45, 7) is 2.05. The highest BCUT2D eigenvalue weighted by Crippen LogP contribution is 2.42. The van der Waals surface area contributed by atoms with Gasteiger partial charge in [0, 0.05) is 11.3 Å². The fourth-order valence-corrected chi connectivity index (χ4v) is 2.92. The van der Waals surface area contributed by atoms with Gasteiger partial charge in [-0.25, -0.2) is 0 Å². The number of hydrogen-bond donors (Lipinski definition) is 1. The fraction of sp³-hybridized carbons (Fsp3) is 0.188. The highest BCUT2D eigenvalue weighted by atomic mass is 16.3. The van der Waals surface area contributed by atoms with E-state index in [4.69, 9.17) is 8.83 Å². The minimum absolute atomic E-state index is 0.184. The SMILES string of the molecule is Cc1[nH]nc2c1[C@@H](c1ccco1)CC(c1ccco1)=C2. The molecule has 1 aliphatic carbocycles. The molecule has 3 aromatic rings.